The van der Waals surface area contributed by atoms with Crippen molar-refractivity contribution in [1.82, 2.24) is 9.78 Å². The Morgan fingerprint density at radius 1 is 1.16 bits per heavy atom. The molecule has 7 heteroatoms. The topological polar surface area (TPSA) is 82.7 Å². The molecule has 6 nitrogen and oxygen atoms in total. The molecule has 0 spiro atoms. The van der Waals surface area contributed by atoms with Crippen LogP contribution in [0.1, 0.15) is 5.56 Å². The zero-order chi connectivity index (χ0) is 17.8. The second kappa shape index (κ2) is 7.07. The van der Waals surface area contributed by atoms with E-state index in [1.165, 1.54) is 0 Å². The summed E-state index contributed by atoms with van der Waals surface area (Å²) < 4.78 is 1.68. The first kappa shape index (κ1) is 16.6. The number of anilines is 2. The molecule has 0 aliphatic carbocycles. The van der Waals surface area contributed by atoms with E-state index >= 15 is 0 Å². The molecular weight excluding hydrogens is 338 g/mol. The molecule has 2 amide bonds. The van der Waals surface area contributed by atoms with Gasteiger partial charge in [-0.25, -0.2) is 4.79 Å². The second-order valence-electron chi connectivity index (χ2n) is 5.31. The molecule has 124 valence electrons. The smallest absolute Gasteiger partial charge is 0.308 e. The van der Waals surface area contributed by atoms with Gasteiger partial charge in [-0.15, -0.1) is 0 Å². The SMILES string of the molecule is Cn1ncc(Cl)c1-c1cccc(NC(=O)Nc2ccc(C#N)cc2)c1. The minimum atomic E-state index is -0.377. The van der Waals surface area contributed by atoms with E-state index in [9.17, 15) is 4.79 Å². The molecule has 0 radical (unpaired) electrons. The third-order valence-electron chi connectivity index (χ3n) is 3.56. The number of halogens is 1. The number of benzene rings is 2. The van der Waals surface area contributed by atoms with Crippen LogP contribution < -0.4 is 10.6 Å². The summed E-state index contributed by atoms with van der Waals surface area (Å²) in [4.78, 5) is 12.1. The fourth-order valence-electron chi connectivity index (χ4n) is 2.40. The van der Waals surface area contributed by atoms with Gasteiger partial charge in [-0.1, -0.05) is 23.7 Å². The Kier molecular flexibility index (Phi) is 4.68. The first-order chi connectivity index (χ1) is 12.1. The number of amides is 2. The van der Waals surface area contributed by atoms with E-state index in [0.717, 1.165) is 11.3 Å². The molecule has 25 heavy (non-hydrogen) atoms. The highest BCUT2D eigenvalue weighted by molar-refractivity contribution is 6.33. The number of urea groups is 1. The summed E-state index contributed by atoms with van der Waals surface area (Å²) in [5.74, 6) is 0. The fourth-order valence-corrected chi connectivity index (χ4v) is 2.68. The number of rotatable bonds is 3. The number of carbonyl (C=O) groups is 1. The van der Waals surface area contributed by atoms with Gasteiger partial charge in [0, 0.05) is 24.0 Å². The van der Waals surface area contributed by atoms with Gasteiger partial charge in [-0.2, -0.15) is 10.4 Å². The Morgan fingerprint density at radius 3 is 2.52 bits per heavy atom. The zero-order valence-electron chi connectivity index (χ0n) is 13.3. The normalized spacial score (nSPS) is 10.1. The van der Waals surface area contributed by atoms with Crippen LogP contribution in [0, 0.1) is 11.3 Å². The summed E-state index contributed by atoms with van der Waals surface area (Å²) in [5.41, 5.74) is 3.38. The molecule has 0 unspecified atom stereocenters. The van der Waals surface area contributed by atoms with Crippen LogP contribution in [0.25, 0.3) is 11.3 Å². The van der Waals surface area contributed by atoms with Crippen LogP contribution in [-0.4, -0.2) is 15.8 Å². The maximum absolute atomic E-state index is 12.1. The Balaban J connectivity index is 1.73. The lowest BCUT2D eigenvalue weighted by Gasteiger charge is -2.10. The average Bonchev–Trinajstić information content (AvgIpc) is 2.94. The van der Waals surface area contributed by atoms with Crippen molar-refractivity contribution in [3.63, 3.8) is 0 Å². The van der Waals surface area contributed by atoms with Gasteiger partial charge in [0.15, 0.2) is 0 Å². The van der Waals surface area contributed by atoms with E-state index in [2.05, 4.69) is 15.7 Å². The molecule has 0 bridgehead atoms. The molecule has 0 aliphatic heterocycles. The van der Waals surface area contributed by atoms with E-state index in [4.69, 9.17) is 16.9 Å². The predicted octanol–water partition coefficient (Wildman–Crippen LogP) is 4.26. The average molecular weight is 352 g/mol. The standard InChI is InChI=1S/C18H14ClN5O/c1-24-17(16(19)11-21-24)13-3-2-4-15(9-13)23-18(25)22-14-7-5-12(10-20)6-8-14/h2-9,11H,1H3,(H2,22,23,25). The van der Waals surface area contributed by atoms with Crippen LogP contribution in [0.3, 0.4) is 0 Å². The van der Waals surface area contributed by atoms with E-state index in [1.807, 2.05) is 24.3 Å². The van der Waals surface area contributed by atoms with Gasteiger partial charge in [0.25, 0.3) is 0 Å². The maximum Gasteiger partial charge on any atom is 0.323 e. The van der Waals surface area contributed by atoms with Crippen LogP contribution in [-0.2, 0) is 7.05 Å². The van der Waals surface area contributed by atoms with Gasteiger partial charge in [0.2, 0.25) is 0 Å². The molecule has 0 atom stereocenters. The molecule has 3 rings (SSSR count). The lowest BCUT2D eigenvalue weighted by Crippen LogP contribution is -2.19. The first-order valence-electron chi connectivity index (χ1n) is 7.43. The van der Waals surface area contributed by atoms with Crippen molar-refractivity contribution >= 4 is 29.0 Å². The monoisotopic (exact) mass is 351 g/mol. The van der Waals surface area contributed by atoms with Gasteiger partial charge in [-0.05, 0) is 36.4 Å². The number of aryl methyl sites for hydroxylation is 1. The van der Waals surface area contributed by atoms with Crippen LogP contribution >= 0.6 is 11.6 Å². The molecule has 0 aliphatic rings. The van der Waals surface area contributed by atoms with Crippen LogP contribution in [0.15, 0.2) is 54.7 Å². The Bertz CT molecular complexity index is 937. The maximum atomic E-state index is 12.1. The van der Waals surface area contributed by atoms with Crippen LogP contribution in [0.5, 0.6) is 0 Å². The van der Waals surface area contributed by atoms with E-state index in [1.54, 1.807) is 48.3 Å². The van der Waals surface area contributed by atoms with Gasteiger partial charge < -0.3 is 10.6 Å². The van der Waals surface area contributed by atoms with Crippen LogP contribution in [0.2, 0.25) is 5.02 Å². The molecule has 1 heterocycles. The number of nitriles is 1. The highest BCUT2D eigenvalue weighted by Crippen LogP contribution is 2.28. The number of hydrogen-bond donors (Lipinski definition) is 2. The number of nitrogens with zero attached hydrogens (tertiary/aromatic N) is 3. The number of nitrogens with one attached hydrogen (secondary N) is 2. The van der Waals surface area contributed by atoms with Crippen molar-refractivity contribution in [2.24, 2.45) is 7.05 Å². The van der Waals surface area contributed by atoms with Crippen LogP contribution in [0.4, 0.5) is 16.2 Å². The Morgan fingerprint density at radius 2 is 1.88 bits per heavy atom. The van der Waals surface area contributed by atoms with Gasteiger partial charge >= 0.3 is 6.03 Å². The van der Waals surface area contributed by atoms with Gasteiger partial charge in [-0.3, -0.25) is 4.68 Å². The highest BCUT2D eigenvalue weighted by Gasteiger charge is 2.10. The highest BCUT2D eigenvalue weighted by atomic mass is 35.5. The minimum Gasteiger partial charge on any atom is -0.308 e. The largest absolute Gasteiger partial charge is 0.323 e. The second-order valence-corrected chi connectivity index (χ2v) is 5.72. The van der Waals surface area contributed by atoms with E-state index in [0.29, 0.717) is 22.0 Å². The lowest BCUT2D eigenvalue weighted by atomic mass is 10.1. The molecule has 1 aromatic heterocycles. The Labute approximate surface area is 149 Å². The minimum absolute atomic E-state index is 0.377. The van der Waals surface area contributed by atoms with E-state index < -0.39 is 0 Å². The molecule has 2 N–H and O–H groups in total. The third-order valence-corrected chi connectivity index (χ3v) is 3.84. The quantitative estimate of drug-likeness (QED) is 0.739. The van der Waals surface area contributed by atoms with Gasteiger partial charge in [0.1, 0.15) is 0 Å². The van der Waals surface area contributed by atoms with Crippen molar-refractivity contribution in [3.8, 4) is 17.3 Å². The summed E-state index contributed by atoms with van der Waals surface area (Å²) in [7, 11) is 1.80. The van der Waals surface area contributed by atoms with Crippen molar-refractivity contribution in [2.75, 3.05) is 10.6 Å². The zero-order valence-corrected chi connectivity index (χ0v) is 14.1. The molecule has 0 saturated carbocycles. The molecule has 3 aromatic rings. The van der Waals surface area contributed by atoms with Crippen molar-refractivity contribution < 1.29 is 4.79 Å². The predicted molar refractivity (Wildman–Crippen MR) is 97.5 cm³/mol. The summed E-state index contributed by atoms with van der Waals surface area (Å²) >= 11 is 6.16. The van der Waals surface area contributed by atoms with E-state index in [-0.39, 0.29) is 6.03 Å². The molecular formula is C18H14ClN5O. The summed E-state index contributed by atoms with van der Waals surface area (Å²) in [5, 5.41) is 18.9. The first-order valence-corrected chi connectivity index (χ1v) is 7.81. The molecule has 0 fully saturated rings. The lowest BCUT2D eigenvalue weighted by molar-refractivity contribution is 0.262. The number of hydrogen-bond acceptors (Lipinski definition) is 3. The molecule has 2 aromatic carbocycles. The fraction of sp³-hybridized carbons (Fsp3) is 0.0556. The summed E-state index contributed by atoms with van der Waals surface area (Å²) in [6.45, 7) is 0. The van der Waals surface area contributed by atoms with Gasteiger partial charge in [0.05, 0.1) is 28.5 Å². The summed E-state index contributed by atoms with van der Waals surface area (Å²) in [6.07, 6.45) is 1.58. The Hall–Kier alpha value is -3.30. The summed E-state index contributed by atoms with van der Waals surface area (Å²) in [6, 6.07) is 15.6. The van der Waals surface area contributed by atoms with Crippen molar-refractivity contribution in [1.29, 1.82) is 5.26 Å². The van der Waals surface area contributed by atoms with Crippen molar-refractivity contribution in [3.05, 3.63) is 65.3 Å². The third kappa shape index (κ3) is 3.79. The number of aromatic nitrogens is 2. The van der Waals surface area contributed by atoms with Crippen molar-refractivity contribution in [2.45, 2.75) is 0 Å². The number of carbonyl (C=O) groups excluding carboxylic acids is 1. The molecule has 0 saturated heterocycles.